The third kappa shape index (κ3) is 23.1. The molecule has 0 saturated heterocycles. The van der Waals surface area contributed by atoms with Crippen LogP contribution >= 0.6 is 23.5 Å². The maximum absolute atomic E-state index is 5.99. The van der Waals surface area contributed by atoms with Gasteiger partial charge in [-0.1, -0.05) is 89.9 Å². The van der Waals surface area contributed by atoms with Gasteiger partial charge in [0.1, 0.15) is 0 Å². The third-order valence-corrected chi connectivity index (χ3v) is 18.2. The highest BCUT2D eigenvalue weighted by atomic mass is 32.2. The van der Waals surface area contributed by atoms with E-state index < -0.39 is 17.6 Å². The van der Waals surface area contributed by atoms with Crippen molar-refractivity contribution in [1.82, 2.24) is 9.97 Å². The van der Waals surface area contributed by atoms with E-state index in [2.05, 4.69) is 34.2 Å². The molecule has 8 nitrogen and oxygen atoms in total. The molecule has 322 valence electrons. The Balaban J connectivity index is 1.53. The molecule has 12 heteroatoms. The molecule has 0 amide bonds. The molecular formula is C44H80N2O6S2Si2. The van der Waals surface area contributed by atoms with E-state index in [1.165, 1.54) is 113 Å². The first-order valence-corrected chi connectivity index (χ1v) is 28.3. The van der Waals surface area contributed by atoms with Gasteiger partial charge in [0.25, 0.3) is 0 Å². The van der Waals surface area contributed by atoms with Gasteiger partial charge < -0.3 is 26.6 Å². The van der Waals surface area contributed by atoms with Gasteiger partial charge in [-0.05, 0) is 103 Å². The molecule has 0 spiro atoms. The zero-order chi connectivity index (χ0) is 40.4. The lowest BCUT2D eigenvalue weighted by Gasteiger charge is -2.28. The predicted octanol–water partition coefficient (Wildman–Crippen LogP) is 13.4. The van der Waals surface area contributed by atoms with E-state index in [-0.39, 0.29) is 0 Å². The quantitative estimate of drug-likeness (QED) is 0.0368. The Morgan fingerprint density at radius 2 is 0.661 bits per heavy atom. The fraction of sp³-hybridized carbons (Fsp3) is 0.773. The fourth-order valence-electron chi connectivity index (χ4n) is 7.03. The van der Waals surface area contributed by atoms with Crippen molar-refractivity contribution in [3.8, 4) is 11.4 Å². The van der Waals surface area contributed by atoms with E-state index >= 15 is 0 Å². The second kappa shape index (κ2) is 34.0. The van der Waals surface area contributed by atoms with E-state index in [1.54, 1.807) is 0 Å². The molecular weight excluding hydrogens is 773 g/mol. The van der Waals surface area contributed by atoms with Gasteiger partial charge >= 0.3 is 17.6 Å². The van der Waals surface area contributed by atoms with Crippen molar-refractivity contribution in [1.29, 1.82) is 0 Å². The average Bonchev–Trinajstić information content (AvgIpc) is 3.19. The maximum atomic E-state index is 5.99. The van der Waals surface area contributed by atoms with Crippen LogP contribution in [0.1, 0.15) is 157 Å². The minimum Gasteiger partial charge on any atom is -0.374 e. The minimum atomic E-state index is -2.47. The highest BCUT2D eigenvalue weighted by Gasteiger charge is 2.40. The third-order valence-electron chi connectivity index (χ3n) is 9.70. The van der Waals surface area contributed by atoms with Crippen LogP contribution in [0.2, 0.25) is 12.1 Å². The van der Waals surface area contributed by atoms with Crippen LogP contribution in [-0.4, -0.2) is 78.7 Å². The first-order chi connectivity index (χ1) is 27.5. The van der Waals surface area contributed by atoms with Crippen molar-refractivity contribution in [2.75, 3.05) is 51.1 Å². The molecule has 0 fully saturated rings. The Morgan fingerprint density at radius 3 is 0.946 bits per heavy atom. The normalized spacial score (nSPS) is 12.2. The number of rotatable bonds is 39. The second-order valence-corrected chi connectivity index (χ2v) is 22.1. The van der Waals surface area contributed by atoms with Crippen LogP contribution in [0.5, 0.6) is 0 Å². The van der Waals surface area contributed by atoms with Crippen molar-refractivity contribution >= 4 is 41.1 Å². The highest BCUT2D eigenvalue weighted by Crippen LogP contribution is 2.28. The lowest BCUT2D eigenvalue weighted by Crippen LogP contribution is -2.45. The molecule has 0 aliphatic carbocycles. The van der Waals surface area contributed by atoms with Gasteiger partial charge in [-0.25, -0.2) is 0 Å². The smallest absolute Gasteiger partial charge is 0.374 e. The second-order valence-electron chi connectivity index (χ2n) is 14.3. The zero-order valence-electron chi connectivity index (χ0n) is 36.4. The molecule has 0 N–H and O–H groups in total. The molecule has 0 unspecified atom stereocenters. The summed E-state index contributed by atoms with van der Waals surface area (Å²) in [5.74, 6) is 2.30. The molecule has 0 saturated carbocycles. The first-order valence-electron chi connectivity index (χ1n) is 22.5. The molecule has 0 radical (unpaired) electrons. The molecule has 2 heterocycles. The number of nitrogens with zero attached hydrogens (tertiary/aromatic N) is 2. The number of hydrogen-bond donors (Lipinski definition) is 0. The summed E-state index contributed by atoms with van der Waals surface area (Å²) in [5, 5.41) is 0. The first kappa shape index (κ1) is 51.3. The lowest BCUT2D eigenvalue weighted by molar-refractivity contribution is 0.0698. The number of thioether (sulfide) groups is 2. The summed E-state index contributed by atoms with van der Waals surface area (Å²) in [6, 6.07) is 10.6. The van der Waals surface area contributed by atoms with Gasteiger partial charge in [0.05, 0.1) is 11.4 Å². The SMILES string of the molecule is CCO[Si](CCCCCCCCCCCSc1ccnc(-c2cc(SCCCCCCCCCCC[Si](OCC)(OCC)OCC)ccn2)c1)(OCC)OCC. The Labute approximate surface area is 354 Å². The van der Waals surface area contributed by atoms with Gasteiger partial charge in [0.15, 0.2) is 0 Å². The molecule has 0 bridgehead atoms. The predicted molar refractivity (Wildman–Crippen MR) is 243 cm³/mol. The molecule has 2 aromatic heterocycles. The van der Waals surface area contributed by atoms with Gasteiger partial charge in [0.2, 0.25) is 0 Å². The minimum absolute atomic E-state index is 0.661. The summed E-state index contributed by atoms with van der Waals surface area (Å²) >= 11 is 3.89. The molecule has 0 aliphatic heterocycles. The van der Waals surface area contributed by atoms with Gasteiger partial charge in [-0.3, -0.25) is 9.97 Å². The summed E-state index contributed by atoms with van der Waals surface area (Å²) in [7, 11) is -4.94. The van der Waals surface area contributed by atoms with Crippen molar-refractivity contribution in [2.24, 2.45) is 0 Å². The van der Waals surface area contributed by atoms with Crippen LogP contribution in [0, 0.1) is 0 Å². The Kier molecular flexibility index (Phi) is 31.1. The maximum Gasteiger partial charge on any atom is 0.500 e. The summed E-state index contributed by atoms with van der Waals surface area (Å²) in [4.78, 5) is 11.9. The Morgan fingerprint density at radius 1 is 0.393 bits per heavy atom. The molecule has 0 atom stereocenters. The number of pyridine rings is 2. The topological polar surface area (TPSA) is 81.2 Å². The van der Waals surface area contributed by atoms with Crippen LogP contribution in [-0.2, 0) is 26.6 Å². The van der Waals surface area contributed by atoms with Crippen molar-refractivity contribution in [3.63, 3.8) is 0 Å². The largest absolute Gasteiger partial charge is 0.500 e. The van der Waals surface area contributed by atoms with E-state index in [9.17, 15) is 0 Å². The van der Waals surface area contributed by atoms with Gasteiger partial charge in [-0.15, -0.1) is 23.5 Å². The number of unbranched alkanes of at least 4 members (excludes halogenated alkanes) is 16. The Hall–Kier alpha value is -0.806. The summed E-state index contributed by atoms with van der Waals surface area (Å²) < 4.78 is 35.9. The summed E-state index contributed by atoms with van der Waals surface area (Å²) in [6.45, 7) is 16.2. The lowest BCUT2D eigenvalue weighted by atomic mass is 10.1. The van der Waals surface area contributed by atoms with E-state index in [1.807, 2.05) is 77.5 Å². The van der Waals surface area contributed by atoms with E-state index in [0.29, 0.717) is 39.6 Å². The van der Waals surface area contributed by atoms with Crippen molar-refractivity contribution in [3.05, 3.63) is 36.7 Å². The monoisotopic (exact) mass is 852 g/mol. The standard InChI is InChI=1S/C44H80N2O6S2Si2/c1-7-47-55(48-8-2,49-9-3)37-29-25-21-17-13-15-19-23-27-35-53-41-31-33-45-43(39-41)44-40-42(32-34-46-44)54-36-28-24-20-16-14-18-22-26-30-38-56(50-10-4,51-11-5)52-12-6/h31-34,39-40H,7-30,35-38H2,1-6H3. The van der Waals surface area contributed by atoms with E-state index in [0.717, 1.165) is 47.8 Å². The van der Waals surface area contributed by atoms with Crippen LogP contribution in [0.3, 0.4) is 0 Å². The van der Waals surface area contributed by atoms with Gasteiger partial charge in [0, 0.05) is 73.9 Å². The van der Waals surface area contributed by atoms with E-state index in [4.69, 9.17) is 26.6 Å². The number of hydrogen-bond acceptors (Lipinski definition) is 10. The summed E-state index contributed by atoms with van der Waals surface area (Å²) in [6.07, 6.45) is 27.0. The number of aromatic nitrogens is 2. The molecule has 0 aromatic carbocycles. The van der Waals surface area contributed by atoms with Crippen LogP contribution in [0.15, 0.2) is 46.5 Å². The molecule has 56 heavy (non-hydrogen) atoms. The zero-order valence-corrected chi connectivity index (χ0v) is 40.1. The Bertz CT molecular complexity index is 1090. The van der Waals surface area contributed by atoms with Crippen LogP contribution in [0.4, 0.5) is 0 Å². The van der Waals surface area contributed by atoms with Crippen molar-refractivity contribution < 1.29 is 26.6 Å². The van der Waals surface area contributed by atoms with Crippen molar-refractivity contribution in [2.45, 2.75) is 179 Å². The van der Waals surface area contributed by atoms with Crippen LogP contribution < -0.4 is 0 Å². The summed E-state index contributed by atoms with van der Waals surface area (Å²) in [5.41, 5.74) is 1.94. The molecule has 0 aliphatic rings. The molecule has 2 aromatic rings. The fourth-order valence-corrected chi connectivity index (χ4v) is 14.3. The molecule has 2 rings (SSSR count). The van der Waals surface area contributed by atoms with Gasteiger partial charge in [-0.2, -0.15) is 0 Å². The highest BCUT2D eigenvalue weighted by molar-refractivity contribution is 7.99. The van der Waals surface area contributed by atoms with Crippen LogP contribution in [0.25, 0.3) is 11.4 Å². The average molecular weight is 853 g/mol.